The second-order valence-electron chi connectivity index (χ2n) is 6.73. The van der Waals surface area contributed by atoms with E-state index in [2.05, 4.69) is 34.3 Å². The van der Waals surface area contributed by atoms with Crippen LogP contribution in [0.4, 0.5) is 0 Å². The molecular formula is C22H20N4O. The van der Waals surface area contributed by atoms with Crippen molar-refractivity contribution in [2.45, 2.75) is 19.8 Å². The van der Waals surface area contributed by atoms with Crippen molar-refractivity contribution < 1.29 is 4.79 Å². The summed E-state index contributed by atoms with van der Waals surface area (Å²) in [6.45, 7) is 4.16. The molecule has 4 rings (SSSR count). The highest BCUT2D eigenvalue weighted by molar-refractivity contribution is 6.02. The van der Waals surface area contributed by atoms with Gasteiger partial charge in [0.25, 0.3) is 5.91 Å². The van der Waals surface area contributed by atoms with Crippen LogP contribution >= 0.6 is 0 Å². The number of amides is 1. The van der Waals surface area contributed by atoms with Gasteiger partial charge in [0.2, 0.25) is 0 Å². The highest BCUT2D eigenvalue weighted by Gasteiger charge is 2.19. The van der Waals surface area contributed by atoms with Crippen molar-refractivity contribution in [3.8, 4) is 0 Å². The number of H-pyrrole nitrogens is 1. The zero-order valence-corrected chi connectivity index (χ0v) is 15.2. The maximum Gasteiger partial charge on any atom is 0.288 e. The van der Waals surface area contributed by atoms with Gasteiger partial charge < -0.3 is 4.98 Å². The van der Waals surface area contributed by atoms with Crippen LogP contribution in [0.1, 0.15) is 41.4 Å². The predicted octanol–water partition coefficient (Wildman–Crippen LogP) is 4.60. The van der Waals surface area contributed by atoms with Crippen LogP contribution in [0.5, 0.6) is 0 Å². The van der Waals surface area contributed by atoms with Crippen LogP contribution in [0.3, 0.4) is 0 Å². The van der Waals surface area contributed by atoms with Crippen molar-refractivity contribution in [2.24, 2.45) is 5.10 Å². The van der Waals surface area contributed by atoms with Gasteiger partial charge in [-0.25, -0.2) is 5.43 Å². The van der Waals surface area contributed by atoms with E-state index >= 15 is 0 Å². The predicted molar refractivity (Wildman–Crippen MR) is 109 cm³/mol. The molecule has 5 nitrogen and oxygen atoms in total. The smallest absolute Gasteiger partial charge is 0.288 e. The molecule has 0 aliphatic carbocycles. The first-order chi connectivity index (χ1) is 13.1. The number of aromatic nitrogens is 2. The van der Waals surface area contributed by atoms with E-state index in [0.29, 0.717) is 5.69 Å². The number of carbonyl (C=O) groups excluding carboxylic acids is 1. The maximum absolute atomic E-state index is 12.7. The van der Waals surface area contributed by atoms with Crippen molar-refractivity contribution in [3.05, 3.63) is 77.6 Å². The number of nitrogens with zero attached hydrogens (tertiary/aromatic N) is 2. The SMILES string of the molecule is CC(C)c1c(C(=O)N/N=C\c2ccnc3ccccc23)[nH]c2ccccc12. The van der Waals surface area contributed by atoms with Gasteiger partial charge in [0, 0.05) is 28.0 Å². The van der Waals surface area contributed by atoms with Gasteiger partial charge in [0.05, 0.1) is 11.7 Å². The van der Waals surface area contributed by atoms with Gasteiger partial charge in [-0.05, 0) is 29.7 Å². The molecule has 0 fully saturated rings. The summed E-state index contributed by atoms with van der Waals surface area (Å²) in [5, 5.41) is 6.23. The molecule has 5 heteroatoms. The van der Waals surface area contributed by atoms with E-state index in [1.54, 1.807) is 12.4 Å². The average molecular weight is 356 g/mol. The summed E-state index contributed by atoms with van der Waals surface area (Å²) in [4.78, 5) is 20.3. The number of rotatable bonds is 4. The third kappa shape index (κ3) is 3.19. The van der Waals surface area contributed by atoms with Crippen LogP contribution in [0, 0.1) is 0 Å². The fraction of sp³-hybridized carbons (Fsp3) is 0.136. The lowest BCUT2D eigenvalue weighted by atomic mass is 9.99. The second kappa shape index (κ2) is 7.03. The Kier molecular flexibility index (Phi) is 4.42. The highest BCUT2D eigenvalue weighted by atomic mass is 16.2. The van der Waals surface area contributed by atoms with Crippen molar-refractivity contribution in [1.82, 2.24) is 15.4 Å². The Morgan fingerprint density at radius 2 is 1.81 bits per heavy atom. The minimum atomic E-state index is -0.246. The third-order valence-corrected chi connectivity index (χ3v) is 4.60. The summed E-state index contributed by atoms with van der Waals surface area (Å²) < 4.78 is 0. The Labute approximate surface area is 157 Å². The number of fused-ring (bicyclic) bond motifs is 2. The Morgan fingerprint density at radius 3 is 2.63 bits per heavy atom. The fourth-order valence-corrected chi connectivity index (χ4v) is 3.39. The summed E-state index contributed by atoms with van der Waals surface area (Å²) >= 11 is 0. The van der Waals surface area contributed by atoms with E-state index in [-0.39, 0.29) is 11.8 Å². The number of pyridine rings is 1. The van der Waals surface area contributed by atoms with Crippen LogP contribution in [-0.2, 0) is 0 Å². The molecule has 2 aromatic carbocycles. The molecule has 0 radical (unpaired) electrons. The number of benzene rings is 2. The number of para-hydroxylation sites is 2. The second-order valence-corrected chi connectivity index (χ2v) is 6.73. The Bertz CT molecular complexity index is 1150. The van der Waals surface area contributed by atoms with Gasteiger partial charge >= 0.3 is 0 Å². The molecule has 0 bridgehead atoms. The summed E-state index contributed by atoms with van der Waals surface area (Å²) in [5.41, 5.74) is 6.96. The number of hydrogen-bond acceptors (Lipinski definition) is 3. The van der Waals surface area contributed by atoms with Gasteiger partial charge in [-0.3, -0.25) is 9.78 Å². The van der Waals surface area contributed by atoms with Crippen LogP contribution in [0.25, 0.3) is 21.8 Å². The van der Waals surface area contributed by atoms with E-state index in [4.69, 9.17) is 0 Å². The fourth-order valence-electron chi connectivity index (χ4n) is 3.39. The van der Waals surface area contributed by atoms with Crippen LogP contribution < -0.4 is 5.43 Å². The maximum atomic E-state index is 12.7. The monoisotopic (exact) mass is 356 g/mol. The molecule has 2 N–H and O–H groups in total. The Hall–Kier alpha value is -3.47. The minimum Gasteiger partial charge on any atom is -0.350 e. The Morgan fingerprint density at radius 1 is 1.07 bits per heavy atom. The van der Waals surface area contributed by atoms with Gasteiger partial charge in [-0.15, -0.1) is 0 Å². The molecule has 0 spiro atoms. The largest absolute Gasteiger partial charge is 0.350 e. The average Bonchev–Trinajstić information content (AvgIpc) is 3.08. The van der Waals surface area contributed by atoms with Gasteiger partial charge in [-0.1, -0.05) is 50.2 Å². The van der Waals surface area contributed by atoms with Crippen LogP contribution in [-0.4, -0.2) is 22.1 Å². The first kappa shape index (κ1) is 17.0. The molecule has 0 atom stereocenters. The van der Waals surface area contributed by atoms with Crippen molar-refractivity contribution in [2.75, 3.05) is 0 Å². The molecule has 1 amide bonds. The highest BCUT2D eigenvalue weighted by Crippen LogP contribution is 2.29. The van der Waals surface area contributed by atoms with Crippen LogP contribution in [0.15, 0.2) is 65.9 Å². The molecule has 2 heterocycles. The minimum absolute atomic E-state index is 0.218. The lowest BCUT2D eigenvalue weighted by Gasteiger charge is -2.07. The number of nitrogens with one attached hydrogen (secondary N) is 2. The molecule has 0 saturated carbocycles. The first-order valence-electron chi connectivity index (χ1n) is 8.93. The van der Waals surface area contributed by atoms with Crippen molar-refractivity contribution in [1.29, 1.82) is 0 Å². The summed E-state index contributed by atoms with van der Waals surface area (Å²) in [6.07, 6.45) is 3.39. The van der Waals surface area contributed by atoms with Crippen LogP contribution in [0.2, 0.25) is 0 Å². The Balaban J connectivity index is 1.62. The zero-order valence-electron chi connectivity index (χ0n) is 15.2. The van der Waals surface area contributed by atoms with E-state index in [1.165, 1.54) is 0 Å². The number of aromatic amines is 1. The van der Waals surface area contributed by atoms with Crippen molar-refractivity contribution in [3.63, 3.8) is 0 Å². The summed E-state index contributed by atoms with van der Waals surface area (Å²) in [5.74, 6) is -0.0282. The molecule has 134 valence electrons. The number of hydrazone groups is 1. The molecule has 4 aromatic rings. The number of carbonyl (C=O) groups is 1. The van der Waals surface area contributed by atoms with E-state index in [1.807, 2.05) is 54.6 Å². The summed E-state index contributed by atoms with van der Waals surface area (Å²) in [7, 11) is 0. The van der Waals surface area contributed by atoms with E-state index in [0.717, 1.165) is 32.9 Å². The molecule has 0 unspecified atom stereocenters. The zero-order chi connectivity index (χ0) is 18.8. The topological polar surface area (TPSA) is 70.1 Å². The standard InChI is InChI=1S/C22H20N4O/c1-14(2)20-17-8-4-6-10-19(17)25-21(20)22(27)26-24-13-15-11-12-23-18-9-5-3-7-16(15)18/h3-14,25H,1-2H3,(H,26,27)/b24-13-. The van der Waals surface area contributed by atoms with Gasteiger partial charge in [0.1, 0.15) is 5.69 Å². The van der Waals surface area contributed by atoms with Gasteiger partial charge in [-0.2, -0.15) is 5.10 Å². The third-order valence-electron chi connectivity index (χ3n) is 4.60. The van der Waals surface area contributed by atoms with E-state index < -0.39 is 0 Å². The molecular weight excluding hydrogens is 336 g/mol. The number of hydrogen-bond donors (Lipinski definition) is 2. The molecule has 0 aliphatic rings. The summed E-state index contributed by atoms with van der Waals surface area (Å²) in [6, 6.07) is 17.7. The van der Waals surface area contributed by atoms with Crippen molar-refractivity contribution >= 4 is 33.9 Å². The van der Waals surface area contributed by atoms with E-state index in [9.17, 15) is 4.79 Å². The normalized spacial score (nSPS) is 11.7. The first-order valence-corrected chi connectivity index (χ1v) is 8.93. The molecule has 0 saturated heterocycles. The van der Waals surface area contributed by atoms with Gasteiger partial charge in [0.15, 0.2) is 0 Å². The molecule has 2 aromatic heterocycles. The lowest BCUT2D eigenvalue weighted by Crippen LogP contribution is -2.19. The lowest BCUT2D eigenvalue weighted by molar-refractivity contribution is 0.0949. The molecule has 27 heavy (non-hydrogen) atoms. The molecule has 0 aliphatic heterocycles. The quantitative estimate of drug-likeness (QED) is 0.414.